The molecule has 0 saturated heterocycles. The van der Waals surface area contributed by atoms with E-state index in [4.69, 9.17) is 0 Å². The number of aryl methyl sites for hydroxylation is 1. The molecule has 5 heteroatoms. The SMILES string of the molecule is CCCn1ccc2cc(NC(=O)C(NC(C)=O)C3CCCC3)ccc21. The Kier molecular flexibility index (Phi) is 5.41. The van der Waals surface area contributed by atoms with Crippen LogP contribution in [0.25, 0.3) is 10.9 Å². The molecule has 2 amide bonds. The van der Waals surface area contributed by atoms with Crippen molar-refractivity contribution in [3.8, 4) is 0 Å². The number of fused-ring (bicyclic) bond motifs is 1. The largest absolute Gasteiger partial charge is 0.347 e. The van der Waals surface area contributed by atoms with Crippen LogP contribution in [0, 0.1) is 5.92 Å². The summed E-state index contributed by atoms with van der Waals surface area (Å²) >= 11 is 0. The first-order chi connectivity index (χ1) is 12.1. The standard InChI is InChI=1S/C20H27N3O2/c1-3-11-23-12-10-16-13-17(8-9-18(16)23)22-20(25)19(21-14(2)24)15-6-4-5-7-15/h8-10,12-13,15,19H,3-7,11H2,1-2H3,(H,21,24)(H,22,25). The summed E-state index contributed by atoms with van der Waals surface area (Å²) in [6, 6.07) is 7.61. The first-order valence-corrected chi connectivity index (χ1v) is 9.25. The number of aromatic nitrogens is 1. The number of nitrogens with one attached hydrogen (secondary N) is 2. The zero-order valence-electron chi connectivity index (χ0n) is 15.0. The Balaban J connectivity index is 1.76. The second-order valence-corrected chi connectivity index (χ2v) is 6.99. The summed E-state index contributed by atoms with van der Waals surface area (Å²) in [7, 11) is 0. The summed E-state index contributed by atoms with van der Waals surface area (Å²) in [6.07, 6.45) is 7.42. The van der Waals surface area contributed by atoms with E-state index in [0.717, 1.165) is 49.7 Å². The van der Waals surface area contributed by atoms with Crippen molar-refractivity contribution in [3.63, 3.8) is 0 Å². The van der Waals surface area contributed by atoms with Crippen LogP contribution in [-0.2, 0) is 16.1 Å². The number of amides is 2. The molecule has 1 aliphatic carbocycles. The Morgan fingerprint density at radius 1 is 1.24 bits per heavy atom. The van der Waals surface area contributed by atoms with Gasteiger partial charge in [-0.15, -0.1) is 0 Å². The second-order valence-electron chi connectivity index (χ2n) is 6.99. The van der Waals surface area contributed by atoms with Crippen LogP contribution in [0.1, 0.15) is 46.0 Å². The lowest BCUT2D eigenvalue weighted by Crippen LogP contribution is -2.47. The van der Waals surface area contributed by atoms with Crippen LogP contribution < -0.4 is 10.6 Å². The summed E-state index contributed by atoms with van der Waals surface area (Å²) in [5.41, 5.74) is 1.95. The van der Waals surface area contributed by atoms with Crippen LogP contribution in [0.3, 0.4) is 0 Å². The van der Waals surface area contributed by atoms with Gasteiger partial charge in [0.15, 0.2) is 0 Å². The molecular formula is C20H27N3O2. The Morgan fingerprint density at radius 2 is 2.00 bits per heavy atom. The molecule has 0 aliphatic heterocycles. The van der Waals surface area contributed by atoms with Crippen molar-refractivity contribution in [2.24, 2.45) is 5.92 Å². The highest BCUT2D eigenvalue weighted by Gasteiger charge is 2.31. The zero-order valence-corrected chi connectivity index (χ0v) is 15.0. The van der Waals surface area contributed by atoms with Gasteiger partial charge in [-0.25, -0.2) is 0 Å². The van der Waals surface area contributed by atoms with E-state index in [1.165, 1.54) is 12.4 Å². The topological polar surface area (TPSA) is 63.1 Å². The van der Waals surface area contributed by atoms with Crippen LogP contribution in [0.2, 0.25) is 0 Å². The Bertz CT molecular complexity index is 759. The minimum Gasteiger partial charge on any atom is -0.347 e. The monoisotopic (exact) mass is 341 g/mol. The highest BCUT2D eigenvalue weighted by molar-refractivity contribution is 5.98. The van der Waals surface area contributed by atoms with Crippen molar-refractivity contribution >= 4 is 28.4 Å². The van der Waals surface area contributed by atoms with Gasteiger partial charge in [0.05, 0.1) is 0 Å². The lowest BCUT2D eigenvalue weighted by atomic mass is 9.97. The Labute approximate surface area is 148 Å². The second kappa shape index (κ2) is 7.72. The summed E-state index contributed by atoms with van der Waals surface area (Å²) < 4.78 is 2.22. The predicted molar refractivity (Wildman–Crippen MR) is 100 cm³/mol. The lowest BCUT2D eigenvalue weighted by molar-refractivity contribution is -0.126. The van der Waals surface area contributed by atoms with Gasteiger partial charge in [-0.05, 0) is 49.4 Å². The van der Waals surface area contributed by atoms with Crippen molar-refractivity contribution in [1.82, 2.24) is 9.88 Å². The van der Waals surface area contributed by atoms with Gasteiger partial charge in [-0.2, -0.15) is 0 Å². The van der Waals surface area contributed by atoms with Crippen molar-refractivity contribution in [2.45, 2.75) is 58.5 Å². The zero-order chi connectivity index (χ0) is 17.8. The quantitative estimate of drug-likeness (QED) is 0.842. The molecule has 1 heterocycles. The van der Waals surface area contributed by atoms with Crippen LogP contribution in [0.5, 0.6) is 0 Å². The van der Waals surface area contributed by atoms with E-state index >= 15 is 0 Å². The molecule has 0 spiro atoms. The molecule has 25 heavy (non-hydrogen) atoms. The molecule has 2 N–H and O–H groups in total. The van der Waals surface area contributed by atoms with E-state index in [0.29, 0.717) is 0 Å². The lowest BCUT2D eigenvalue weighted by Gasteiger charge is -2.23. The fraction of sp³-hybridized carbons (Fsp3) is 0.500. The van der Waals surface area contributed by atoms with Gasteiger partial charge in [0.2, 0.25) is 11.8 Å². The van der Waals surface area contributed by atoms with Crippen molar-refractivity contribution in [3.05, 3.63) is 30.5 Å². The first-order valence-electron chi connectivity index (χ1n) is 9.25. The number of rotatable bonds is 6. The number of hydrogen-bond acceptors (Lipinski definition) is 2. The third-order valence-electron chi connectivity index (χ3n) is 5.02. The highest BCUT2D eigenvalue weighted by atomic mass is 16.2. The van der Waals surface area contributed by atoms with Gasteiger partial charge in [-0.3, -0.25) is 9.59 Å². The van der Waals surface area contributed by atoms with Crippen LogP contribution in [0.15, 0.2) is 30.5 Å². The number of anilines is 1. The predicted octanol–water partition coefficient (Wildman–Crippen LogP) is 3.68. The average molecular weight is 341 g/mol. The van der Waals surface area contributed by atoms with E-state index < -0.39 is 6.04 Å². The van der Waals surface area contributed by atoms with Gasteiger partial charge in [-0.1, -0.05) is 19.8 Å². The van der Waals surface area contributed by atoms with E-state index in [2.05, 4.69) is 34.4 Å². The third kappa shape index (κ3) is 4.03. The molecule has 2 aromatic rings. The van der Waals surface area contributed by atoms with Gasteiger partial charge >= 0.3 is 0 Å². The first kappa shape index (κ1) is 17.5. The molecule has 134 valence electrons. The van der Waals surface area contributed by atoms with E-state index in [-0.39, 0.29) is 17.7 Å². The van der Waals surface area contributed by atoms with Crippen LogP contribution in [0.4, 0.5) is 5.69 Å². The fourth-order valence-corrected chi connectivity index (χ4v) is 3.84. The van der Waals surface area contributed by atoms with Gasteiger partial charge < -0.3 is 15.2 Å². The fourth-order valence-electron chi connectivity index (χ4n) is 3.84. The highest BCUT2D eigenvalue weighted by Crippen LogP contribution is 2.29. The third-order valence-corrected chi connectivity index (χ3v) is 5.02. The van der Waals surface area contributed by atoms with Gasteiger partial charge in [0, 0.05) is 36.3 Å². The molecule has 5 nitrogen and oxygen atoms in total. The normalized spacial score (nSPS) is 16.1. The molecule has 1 unspecified atom stereocenters. The maximum Gasteiger partial charge on any atom is 0.247 e. The maximum atomic E-state index is 12.7. The molecule has 0 radical (unpaired) electrons. The molecule has 3 rings (SSSR count). The molecule has 0 bridgehead atoms. The van der Waals surface area contributed by atoms with Gasteiger partial charge in [0.25, 0.3) is 0 Å². The van der Waals surface area contributed by atoms with Crippen LogP contribution in [-0.4, -0.2) is 22.4 Å². The summed E-state index contributed by atoms with van der Waals surface area (Å²) in [4.78, 5) is 24.3. The summed E-state index contributed by atoms with van der Waals surface area (Å²) in [5.74, 6) is -0.0353. The molecule has 1 aliphatic rings. The molecular weight excluding hydrogens is 314 g/mol. The molecule has 1 saturated carbocycles. The van der Waals surface area contributed by atoms with Crippen LogP contribution >= 0.6 is 0 Å². The minimum absolute atomic E-state index is 0.116. The van der Waals surface area contributed by atoms with E-state index in [1.807, 2.05) is 18.2 Å². The van der Waals surface area contributed by atoms with E-state index in [1.54, 1.807) is 0 Å². The average Bonchev–Trinajstić information content (AvgIpc) is 3.23. The number of benzene rings is 1. The molecule has 1 atom stereocenters. The summed E-state index contributed by atoms with van der Waals surface area (Å²) in [6.45, 7) is 4.62. The molecule has 1 aromatic carbocycles. The summed E-state index contributed by atoms with van der Waals surface area (Å²) in [5, 5.41) is 6.95. The maximum absolute atomic E-state index is 12.7. The van der Waals surface area contributed by atoms with Crippen molar-refractivity contribution in [1.29, 1.82) is 0 Å². The number of hydrogen-bond donors (Lipinski definition) is 2. The smallest absolute Gasteiger partial charge is 0.247 e. The number of carbonyl (C=O) groups is 2. The van der Waals surface area contributed by atoms with Crippen molar-refractivity contribution in [2.75, 3.05) is 5.32 Å². The van der Waals surface area contributed by atoms with Gasteiger partial charge in [0.1, 0.15) is 6.04 Å². The Morgan fingerprint density at radius 3 is 2.68 bits per heavy atom. The molecule has 1 fully saturated rings. The van der Waals surface area contributed by atoms with Crippen molar-refractivity contribution < 1.29 is 9.59 Å². The molecule has 1 aromatic heterocycles. The minimum atomic E-state index is -0.444. The number of nitrogens with zero attached hydrogens (tertiary/aromatic N) is 1. The Hall–Kier alpha value is -2.30. The van der Waals surface area contributed by atoms with E-state index in [9.17, 15) is 9.59 Å². The number of carbonyl (C=O) groups excluding carboxylic acids is 2.